The zero-order chi connectivity index (χ0) is 12.8. The zero-order valence-electron chi connectivity index (χ0n) is 10.2. The van der Waals surface area contributed by atoms with Crippen LogP contribution in [0.4, 0.5) is 17.3 Å². The number of anilines is 3. The predicted octanol–water partition coefficient (Wildman–Crippen LogP) is 1.37. The standard InChI is InChI=1S/C12H16N6/c1-9(13)6-15-11-5-12(17-8-16-11)18-10-3-2-4-14-7-10/h2-5,7-9H,6,13H2,1H3,(H2,15,16,17,18). The number of hydrogen-bond acceptors (Lipinski definition) is 6. The van der Waals surface area contributed by atoms with Gasteiger partial charge in [0, 0.05) is 24.8 Å². The van der Waals surface area contributed by atoms with E-state index in [1.54, 1.807) is 12.4 Å². The highest BCUT2D eigenvalue weighted by Crippen LogP contribution is 2.14. The lowest BCUT2D eigenvalue weighted by atomic mass is 10.3. The van der Waals surface area contributed by atoms with E-state index in [0.29, 0.717) is 12.4 Å². The summed E-state index contributed by atoms with van der Waals surface area (Å²) >= 11 is 0. The molecule has 2 rings (SSSR count). The van der Waals surface area contributed by atoms with Crippen LogP contribution < -0.4 is 16.4 Å². The fourth-order valence-corrected chi connectivity index (χ4v) is 1.37. The summed E-state index contributed by atoms with van der Waals surface area (Å²) < 4.78 is 0. The van der Waals surface area contributed by atoms with Crippen LogP contribution in [0.5, 0.6) is 0 Å². The first-order chi connectivity index (χ1) is 8.74. The van der Waals surface area contributed by atoms with Gasteiger partial charge in [0.1, 0.15) is 18.0 Å². The van der Waals surface area contributed by atoms with Crippen LogP contribution in [0.3, 0.4) is 0 Å². The van der Waals surface area contributed by atoms with Gasteiger partial charge in [-0.1, -0.05) is 0 Å². The third-order valence-corrected chi connectivity index (χ3v) is 2.21. The molecule has 1 unspecified atom stereocenters. The Kier molecular flexibility index (Phi) is 4.03. The van der Waals surface area contributed by atoms with Crippen LogP contribution in [0.25, 0.3) is 0 Å². The van der Waals surface area contributed by atoms with Gasteiger partial charge in [-0.3, -0.25) is 4.98 Å². The number of hydrogen-bond donors (Lipinski definition) is 3. The molecule has 0 aromatic carbocycles. The van der Waals surface area contributed by atoms with E-state index in [1.807, 2.05) is 25.1 Å². The van der Waals surface area contributed by atoms with Gasteiger partial charge in [-0.05, 0) is 19.1 Å². The molecule has 2 aromatic heterocycles. The van der Waals surface area contributed by atoms with Crippen molar-refractivity contribution in [3.63, 3.8) is 0 Å². The van der Waals surface area contributed by atoms with Crippen molar-refractivity contribution in [3.05, 3.63) is 36.9 Å². The third kappa shape index (κ3) is 3.67. The molecule has 6 heteroatoms. The summed E-state index contributed by atoms with van der Waals surface area (Å²) in [6.45, 7) is 2.60. The van der Waals surface area contributed by atoms with E-state index in [4.69, 9.17) is 5.73 Å². The largest absolute Gasteiger partial charge is 0.368 e. The molecule has 0 bridgehead atoms. The summed E-state index contributed by atoms with van der Waals surface area (Å²) in [5, 5.41) is 6.29. The highest BCUT2D eigenvalue weighted by atomic mass is 15.1. The summed E-state index contributed by atoms with van der Waals surface area (Å²) in [5.41, 5.74) is 6.56. The Morgan fingerprint density at radius 3 is 2.89 bits per heavy atom. The third-order valence-electron chi connectivity index (χ3n) is 2.21. The van der Waals surface area contributed by atoms with Crippen molar-refractivity contribution >= 4 is 17.3 Å². The Balaban J connectivity index is 2.03. The number of nitrogens with two attached hydrogens (primary N) is 1. The molecule has 2 aromatic rings. The van der Waals surface area contributed by atoms with Crippen molar-refractivity contribution in [2.24, 2.45) is 5.73 Å². The molecule has 18 heavy (non-hydrogen) atoms. The number of rotatable bonds is 5. The van der Waals surface area contributed by atoms with Gasteiger partial charge in [-0.2, -0.15) is 0 Å². The fraction of sp³-hybridized carbons (Fsp3) is 0.250. The molecule has 0 aliphatic rings. The van der Waals surface area contributed by atoms with Crippen LogP contribution in [0, 0.1) is 0 Å². The minimum absolute atomic E-state index is 0.0784. The minimum Gasteiger partial charge on any atom is -0.368 e. The molecule has 0 radical (unpaired) electrons. The van der Waals surface area contributed by atoms with Crippen LogP contribution in [-0.4, -0.2) is 27.5 Å². The van der Waals surface area contributed by atoms with Gasteiger partial charge in [0.15, 0.2) is 0 Å². The Hall–Kier alpha value is -2.21. The molecule has 0 aliphatic heterocycles. The highest BCUT2D eigenvalue weighted by Gasteiger charge is 2.00. The van der Waals surface area contributed by atoms with Gasteiger partial charge in [0.05, 0.1) is 11.9 Å². The molecule has 2 heterocycles. The summed E-state index contributed by atoms with van der Waals surface area (Å²) in [6.07, 6.45) is 4.96. The Morgan fingerprint density at radius 1 is 1.33 bits per heavy atom. The average molecular weight is 244 g/mol. The molecule has 0 aliphatic carbocycles. The van der Waals surface area contributed by atoms with Crippen LogP contribution in [-0.2, 0) is 0 Å². The number of nitrogens with zero attached hydrogens (tertiary/aromatic N) is 3. The Bertz CT molecular complexity index is 485. The van der Waals surface area contributed by atoms with Crippen molar-refractivity contribution in [3.8, 4) is 0 Å². The van der Waals surface area contributed by atoms with Gasteiger partial charge in [-0.25, -0.2) is 9.97 Å². The molecule has 1 atom stereocenters. The van der Waals surface area contributed by atoms with E-state index in [0.717, 1.165) is 11.5 Å². The van der Waals surface area contributed by atoms with Crippen molar-refractivity contribution < 1.29 is 0 Å². The van der Waals surface area contributed by atoms with Gasteiger partial charge in [0.25, 0.3) is 0 Å². The maximum atomic E-state index is 5.67. The summed E-state index contributed by atoms with van der Waals surface area (Å²) in [6, 6.07) is 5.69. The molecular weight excluding hydrogens is 228 g/mol. The SMILES string of the molecule is CC(N)CNc1cc(Nc2cccnc2)ncn1. The molecule has 4 N–H and O–H groups in total. The van der Waals surface area contributed by atoms with Gasteiger partial charge in [0.2, 0.25) is 0 Å². The molecule has 0 spiro atoms. The quantitative estimate of drug-likeness (QED) is 0.736. The topological polar surface area (TPSA) is 88.8 Å². The molecule has 0 amide bonds. The van der Waals surface area contributed by atoms with E-state index >= 15 is 0 Å². The van der Waals surface area contributed by atoms with E-state index in [1.165, 1.54) is 6.33 Å². The highest BCUT2D eigenvalue weighted by molar-refractivity contribution is 5.57. The fourth-order valence-electron chi connectivity index (χ4n) is 1.37. The monoisotopic (exact) mass is 244 g/mol. The van der Waals surface area contributed by atoms with E-state index < -0.39 is 0 Å². The van der Waals surface area contributed by atoms with E-state index in [2.05, 4.69) is 25.6 Å². The Labute approximate surface area is 106 Å². The number of nitrogens with one attached hydrogen (secondary N) is 2. The Morgan fingerprint density at radius 2 is 2.17 bits per heavy atom. The maximum absolute atomic E-state index is 5.67. The average Bonchev–Trinajstić information content (AvgIpc) is 2.38. The van der Waals surface area contributed by atoms with Crippen molar-refractivity contribution in [2.45, 2.75) is 13.0 Å². The van der Waals surface area contributed by atoms with Crippen molar-refractivity contribution in [2.75, 3.05) is 17.2 Å². The molecular formula is C12H16N6. The van der Waals surface area contributed by atoms with Gasteiger partial charge < -0.3 is 16.4 Å². The molecule has 94 valence electrons. The van der Waals surface area contributed by atoms with E-state index in [9.17, 15) is 0 Å². The minimum atomic E-state index is 0.0784. The summed E-state index contributed by atoms with van der Waals surface area (Å²) in [7, 11) is 0. The molecule has 0 saturated carbocycles. The van der Waals surface area contributed by atoms with Crippen LogP contribution >= 0.6 is 0 Å². The van der Waals surface area contributed by atoms with E-state index in [-0.39, 0.29) is 6.04 Å². The lowest BCUT2D eigenvalue weighted by Crippen LogP contribution is -2.25. The second kappa shape index (κ2) is 5.92. The first-order valence-corrected chi connectivity index (χ1v) is 5.72. The summed E-state index contributed by atoms with van der Waals surface area (Å²) in [5.74, 6) is 1.46. The van der Waals surface area contributed by atoms with Crippen LogP contribution in [0.1, 0.15) is 6.92 Å². The lowest BCUT2D eigenvalue weighted by Gasteiger charge is -2.09. The van der Waals surface area contributed by atoms with Crippen LogP contribution in [0.2, 0.25) is 0 Å². The van der Waals surface area contributed by atoms with Gasteiger partial charge in [-0.15, -0.1) is 0 Å². The first kappa shape index (κ1) is 12.3. The normalized spacial score (nSPS) is 11.9. The second-order valence-corrected chi connectivity index (χ2v) is 4.01. The maximum Gasteiger partial charge on any atom is 0.135 e. The molecule has 0 fully saturated rings. The van der Waals surface area contributed by atoms with Crippen molar-refractivity contribution in [1.82, 2.24) is 15.0 Å². The molecule has 6 nitrogen and oxygen atoms in total. The summed E-state index contributed by atoms with van der Waals surface area (Å²) in [4.78, 5) is 12.3. The zero-order valence-corrected chi connectivity index (χ0v) is 10.2. The number of pyridine rings is 1. The van der Waals surface area contributed by atoms with Crippen molar-refractivity contribution in [1.29, 1.82) is 0 Å². The first-order valence-electron chi connectivity index (χ1n) is 5.72. The van der Waals surface area contributed by atoms with Gasteiger partial charge >= 0.3 is 0 Å². The molecule has 0 saturated heterocycles. The number of aromatic nitrogens is 3. The lowest BCUT2D eigenvalue weighted by molar-refractivity contribution is 0.777. The smallest absolute Gasteiger partial charge is 0.135 e. The second-order valence-electron chi connectivity index (χ2n) is 4.01. The predicted molar refractivity (Wildman–Crippen MR) is 71.7 cm³/mol. The van der Waals surface area contributed by atoms with Crippen LogP contribution in [0.15, 0.2) is 36.9 Å².